The van der Waals surface area contributed by atoms with Crippen LogP contribution >= 0.6 is 21.6 Å². The van der Waals surface area contributed by atoms with Gasteiger partial charge in [0.1, 0.15) is 12.1 Å². The number of esters is 2. The molecule has 0 aliphatic heterocycles. The molecule has 0 saturated heterocycles. The molecule has 2 amide bonds. The van der Waals surface area contributed by atoms with E-state index in [1.54, 1.807) is 24.3 Å². The monoisotopic (exact) mass is 628 g/mol. The summed E-state index contributed by atoms with van der Waals surface area (Å²) in [5.41, 5.74) is 4.80. The summed E-state index contributed by atoms with van der Waals surface area (Å²) in [5, 5.41) is 5.45. The molecule has 0 spiro atoms. The zero-order valence-electron chi connectivity index (χ0n) is 24.2. The molecule has 2 atom stereocenters. The fourth-order valence-corrected chi connectivity index (χ4v) is 6.52. The molecule has 4 aromatic rings. The number of carbonyl (C=O) groups excluding carboxylic acids is 4. The SMILES string of the molecule is COC(=O)[C@H](CSSC[C@H](NC(=O)c1ccc(-c2ccccc2)cc1)C(=O)OC)NC(=O)c1ccc(-c2ccccc2)cc1. The van der Waals surface area contributed by atoms with Crippen molar-refractivity contribution in [2.24, 2.45) is 0 Å². The topological polar surface area (TPSA) is 111 Å². The van der Waals surface area contributed by atoms with E-state index in [2.05, 4.69) is 10.6 Å². The molecule has 44 heavy (non-hydrogen) atoms. The van der Waals surface area contributed by atoms with E-state index in [1.165, 1.54) is 35.8 Å². The van der Waals surface area contributed by atoms with Gasteiger partial charge < -0.3 is 20.1 Å². The van der Waals surface area contributed by atoms with Crippen molar-refractivity contribution >= 4 is 45.3 Å². The molecule has 10 heteroatoms. The number of ether oxygens (including phenoxy) is 2. The van der Waals surface area contributed by atoms with Crippen LogP contribution in [0.15, 0.2) is 109 Å². The summed E-state index contributed by atoms with van der Waals surface area (Å²) in [6.07, 6.45) is 0. The minimum atomic E-state index is -0.923. The van der Waals surface area contributed by atoms with Crippen LogP contribution < -0.4 is 10.6 Å². The standard InChI is InChI=1S/C34H32N2O6S2/c1-41-33(39)29(35-31(37)27-17-13-25(14-18-27)23-9-5-3-6-10-23)21-43-44-22-30(34(40)42-2)36-32(38)28-19-15-26(16-20-28)24-11-7-4-8-12-24/h3-20,29-30H,21-22H2,1-2H3,(H,35,37)(H,36,38)/t29-,30-/m0/s1. The quantitative estimate of drug-likeness (QED) is 0.111. The van der Waals surface area contributed by atoms with Crippen molar-refractivity contribution in [3.63, 3.8) is 0 Å². The first kappa shape index (κ1) is 32.4. The van der Waals surface area contributed by atoms with E-state index in [4.69, 9.17) is 9.47 Å². The molecule has 0 saturated carbocycles. The number of nitrogens with one attached hydrogen (secondary N) is 2. The molecule has 0 aromatic heterocycles. The number of methoxy groups -OCH3 is 2. The molecular weight excluding hydrogens is 597 g/mol. The average Bonchev–Trinajstić information content (AvgIpc) is 3.09. The van der Waals surface area contributed by atoms with Crippen molar-refractivity contribution in [2.45, 2.75) is 12.1 Å². The second kappa shape index (κ2) is 16.3. The van der Waals surface area contributed by atoms with Crippen molar-refractivity contribution < 1.29 is 28.7 Å². The highest BCUT2D eigenvalue weighted by molar-refractivity contribution is 8.76. The van der Waals surface area contributed by atoms with Crippen molar-refractivity contribution in [1.82, 2.24) is 10.6 Å². The third kappa shape index (κ3) is 8.98. The highest BCUT2D eigenvalue weighted by atomic mass is 33.1. The van der Waals surface area contributed by atoms with Crippen LogP contribution in [0.3, 0.4) is 0 Å². The Morgan fingerprint density at radius 1 is 0.523 bits per heavy atom. The van der Waals surface area contributed by atoms with E-state index < -0.39 is 35.8 Å². The van der Waals surface area contributed by atoms with Gasteiger partial charge in [0.2, 0.25) is 0 Å². The summed E-state index contributed by atoms with van der Waals surface area (Å²) in [6, 6.07) is 31.9. The van der Waals surface area contributed by atoms with Crippen LogP contribution in [0.4, 0.5) is 0 Å². The number of benzene rings is 4. The Labute approximate surface area is 264 Å². The predicted octanol–water partition coefficient (Wildman–Crippen LogP) is 5.65. The third-order valence-corrected chi connectivity index (χ3v) is 9.07. The Balaban J connectivity index is 1.30. The lowest BCUT2D eigenvalue weighted by molar-refractivity contribution is -0.143. The van der Waals surface area contributed by atoms with E-state index in [1.807, 2.05) is 84.9 Å². The maximum Gasteiger partial charge on any atom is 0.329 e. The summed E-state index contributed by atoms with van der Waals surface area (Å²) in [4.78, 5) is 50.7. The Morgan fingerprint density at radius 2 is 0.841 bits per heavy atom. The predicted molar refractivity (Wildman–Crippen MR) is 175 cm³/mol. The van der Waals surface area contributed by atoms with Gasteiger partial charge in [-0.25, -0.2) is 9.59 Å². The molecule has 4 rings (SSSR count). The molecule has 4 aromatic carbocycles. The largest absolute Gasteiger partial charge is 0.467 e. The Bertz CT molecular complexity index is 1430. The lowest BCUT2D eigenvalue weighted by Gasteiger charge is -2.18. The average molecular weight is 629 g/mol. The van der Waals surface area contributed by atoms with Gasteiger partial charge in [-0.15, -0.1) is 0 Å². The minimum absolute atomic E-state index is 0.175. The van der Waals surface area contributed by atoms with Gasteiger partial charge >= 0.3 is 11.9 Å². The van der Waals surface area contributed by atoms with E-state index in [-0.39, 0.29) is 11.5 Å². The highest BCUT2D eigenvalue weighted by Crippen LogP contribution is 2.25. The van der Waals surface area contributed by atoms with Gasteiger partial charge in [-0.2, -0.15) is 0 Å². The number of hydrogen-bond acceptors (Lipinski definition) is 8. The molecule has 0 bridgehead atoms. The number of rotatable bonds is 13. The van der Waals surface area contributed by atoms with Crippen molar-refractivity contribution in [1.29, 1.82) is 0 Å². The van der Waals surface area contributed by atoms with Crippen molar-refractivity contribution in [3.8, 4) is 22.3 Å². The molecule has 0 heterocycles. The maximum absolute atomic E-state index is 12.9. The van der Waals surface area contributed by atoms with Crippen LogP contribution in [0.5, 0.6) is 0 Å². The van der Waals surface area contributed by atoms with Crippen LogP contribution in [0.2, 0.25) is 0 Å². The highest BCUT2D eigenvalue weighted by Gasteiger charge is 2.25. The van der Waals surface area contributed by atoms with Crippen molar-refractivity contribution in [3.05, 3.63) is 120 Å². The molecule has 226 valence electrons. The van der Waals surface area contributed by atoms with Gasteiger partial charge in [0.05, 0.1) is 14.2 Å². The van der Waals surface area contributed by atoms with Gasteiger partial charge in [0, 0.05) is 22.6 Å². The summed E-state index contributed by atoms with van der Waals surface area (Å²) in [6.45, 7) is 0. The molecule has 0 aliphatic carbocycles. The number of hydrogen-bond donors (Lipinski definition) is 2. The summed E-state index contributed by atoms with van der Waals surface area (Å²) in [7, 11) is 5.03. The van der Waals surface area contributed by atoms with Crippen LogP contribution in [-0.4, -0.2) is 61.6 Å². The fourth-order valence-electron chi connectivity index (χ4n) is 4.23. The molecule has 0 unspecified atom stereocenters. The smallest absolute Gasteiger partial charge is 0.329 e. The number of carbonyl (C=O) groups is 4. The minimum Gasteiger partial charge on any atom is -0.467 e. The summed E-state index contributed by atoms with van der Waals surface area (Å²) in [5.74, 6) is -1.66. The van der Waals surface area contributed by atoms with E-state index in [0.29, 0.717) is 11.1 Å². The normalized spacial score (nSPS) is 12.0. The lowest BCUT2D eigenvalue weighted by atomic mass is 10.0. The van der Waals surface area contributed by atoms with Crippen LogP contribution in [0, 0.1) is 0 Å². The first-order chi connectivity index (χ1) is 21.4. The first-order valence-corrected chi connectivity index (χ1v) is 16.2. The van der Waals surface area contributed by atoms with Crippen LogP contribution in [-0.2, 0) is 19.1 Å². The number of amides is 2. The fraction of sp³-hybridized carbons (Fsp3) is 0.176. The van der Waals surface area contributed by atoms with Gasteiger partial charge in [0.15, 0.2) is 0 Å². The van der Waals surface area contributed by atoms with Gasteiger partial charge in [-0.3, -0.25) is 9.59 Å². The molecule has 2 N–H and O–H groups in total. The zero-order chi connectivity index (χ0) is 31.3. The van der Waals surface area contributed by atoms with Crippen LogP contribution in [0.25, 0.3) is 22.3 Å². The van der Waals surface area contributed by atoms with E-state index in [9.17, 15) is 19.2 Å². The van der Waals surface area contributed by atoms with Gasteiger partial charge in [-0.05, 0) is 46.5 Å². The second-order valence-corrected chi connectivity index (χ2v) is 12.1. The van der Waals surface area contributed by atoms with Gasteiger partial charge in [0.25, 0.3) is 11.8 Å². The summed E-state index contributed by atoms with van der Waals surface area (Å²) < 4.78 is 9.78. The molecule has 0 radical (unpaired) electrons. The zero-order valence-corrected chi connectivity index (χ0v) is 25.9. The summed E-state index contributed by atoms with van der Waals surface area (Å²) >= 11 is 0. The third-order valence-electron chi connectivity index (χ3n) is 6.64. The Hall–Kier alpha value is -4.54. The molecule has 8 nitrogen and oxygen atoms in total. The van der Waals surface area contributed by atoms with E-state index >= 15 is 0 Å². The lowest BCUT2D eigenvalue weighted by Crippen LogP contribution is -2.44. The molecule has 0 fully saturated rings. The second-order valence-electron chi connectivity index (χ2n) is 9.55. The Morgan fingerprint density at radius 3 is 1.16 bits per heavy atom. The first-order valence-electron chi connectivity index (χ1n) is 13.7. The maximum atomic E-state index is 12.9. The Kier molecular flexibility index (Phi) is 12.0. The van der Waals surface area contributed by atoms with Gasteiger partial charge in [-0.1, -0.05) is 107 Å². The van der Waals surface area contributed by atoms with Crippen molar-refractivity contribution in [2.75, 3.05) is 25.7 Å². The van der Waals surface area contributed by atoms with E-state index in [0.717, 1.165) is 22.3 Å². The van der Waals surface area contributed by atoms with Crippen LogP contribution in [0.1, 0.15) is 20.7 Å². The molecular formula is C34H32N2O6S2. The molecule has 0 aliphatic rings.